The third-order valence-electron chi connectivity index (χ3n) is 2.65. The van der Waals surface area contributed by atoms with E-state index in [1.807, 2.05) is 0 Å². The van der Waals surface area contributed by atoms with E-state index in [1.54, 1.807) is 13.8 Å². The van der Waals surface area contributed by atoms with Crippen molar-refractivity contribution in [3.05, 3.63) is 28.6 Å². The number of esters is 1. The molecule has 0 saturated heterocycles. The van der Waals surface area contributed by atoms with E-state index in [-0.39, 0.29) is 25.1 Å². The van der Waals surface area contributed by atoms with E-state index in [4.69, 9.17) is 10.5 Å². The smallest absolute Gasteiger partial charge is 0.311 e. The van der Waals surface area contributed by atoms with Gasteiger partial charge in [0.1, 0.15) is 0 Å². The molecular weight excluding hydrogens is 242 g/mol. The van der Waals surface area contributed by atoms with Crippen molar-refractivity contribution in [3.63, 3.8) is 0 Å². The number of ether oxygens (including phenoxy) is 1. The van der Waals surface area contributed by atoms with Gasteiger partial charge in [0.05, 0.1) is 18.7 Å². The molecule has 0 fully saturated rings. The molecule has 0 bridgehead atoms. The zero-order chi connectivity index (χ0) is 13.7. The molecule has 0 aliphatic carbocycles. The maximum absolute atomic E-state index is 12.7. The van der Waals surface area contributed by atoms with Crippen LogP contribution in [0.15, 0.2) is 6.20 Å². The van der Waals surface area contributed by atoms with Gasteiger partial charge in [-0.05, 0) is 25.0 Å². The SMILES string of the molecule is CCOC(=O)Cc1ncc(C(F)F)c(CN)c1C. The van der Waals surface area contributed by atoms with Crippen molar-refractivity contribution >= 4 is 5.97 Å². The number of carbonyl (C=O) groups excluding carboxylic acids is 1. The molecule has 0 atom stereocenters. The lowest BCUT2D eigenvalue weighted by molar-refractivity contribution is -0.142. The van der Waals surface area contributed by atoms with Crippen LogP contribution in [0.4, 0.5) is 8.78 Å². The molecule has 1 heterocycles. The Balaban J connectivity index is 3.05. The highest BCUT2D eigenvalue weighted by Crippen LogP contribution is 2.25. The van der Waals surface area contributed by atoms with E-state index < -0.39 is 12.4 Å². The fraction of sp³-hybridized carbons (Fsp3) is 0.500. The predicted octanol–water partition coefficient (Wildman–Crippen LogP) is 1.89. The van der Waals surface area contributed by atoms with Crippen LogP contribution in [0.25, 0.3) is 0 Å². The molecule has 0 aliphatic rings. The topological polar surface area (TPSA) is 65.2 Å². The Labute approximate surface area is 104 Å². The van der Waals surface area contributed by atoms with Gasteiger partial charge in [0, 0.05) is 18.3 Å². The first kappa shape index (κ1) is 14.5. The van der Waals surface area contributed by atoms with Gasteiger partial charge in [-0.15, -0.1) is 0 Å². The number of rotatable bonds is 5. The minimum Gasteiger partial charge on any atom is -0.466 e. The van der Waals surface area contributed by atoms with Gasteiger partial charge in [0.25, 0.3) is 6.43 Å². The van der Waals surface area contributed by atoms with Crippen LogP contribution in [-0.4, -0.2) is 17.6 Å². The summed E-state index contributed by atoms with van der Waals surface area (Å²) in [6, 6.07) is 0. The number of aromatic nitrogens is 1. The summed E-state index contributed by atoms with van der Waals surface area (Å²) in [4.78, 5) is 15.2. The molecule has 0 unspecified atom stereocenters. The molecule has 1 rings (SSSR count). The molecule has 0 aliphatic heterocycles. The van der Waals surface area contributed by atoms with Crippen LogP contribution in [0.5, 0.6) is 0 Å². The van der Waals surface area contributed by atoms with Gasteiger partial charge in [0.2, 0.25) is 0 Å². The van der Waals surface area contributed by atoms with Crippen LogP contribution >= 0.6 is 0 Å². The lowest BCUT2D eigenvalue weighted by Crippen LogP contribution is -2.14. The van der Waals surface area contributed by atoms with Gasteiger partial charge in [-0.2, -0.15) is 0 Å². The van der Waals surface area contributed by atoms with Crippen molar-refractivity contribution in [2.45, 2.75) is 33.2 Å². The van der Waals surface area contributed by atoms with Crippen molar-refractivity contribution in [2.24, 2.45) is 5.73 Å². The summed E-state index contributed by atoms with van der Waals surface area (Å²) in [7, 11) is 0. The van der Waals surface area contributed by atoms with Crippen molar-refractivity contribution in [1.29, 1.82) is 0 Å². The van der Waals surface area contributed by atoms with Crippen molar-refractivity contribution < 1.29 is 18.3 Å². The molecule has 100 valence electrons. The van der Waals surface area contributed by atoms with E-state index in [9.17, 15) is 13.6 Å². The van der Waals surface area contributed by atoms with Crippen LogP contribution in [0.3, 0.4) is 0 Å². The molecule has 18 heavy (non-hydrogen) atoms. The summed E-state index contributed by atoms with van der Waals surface area (Å²) >= 11 is 0. The highest BCUT2D eigenvalue weighted by atomic mass is 19.3. The Morgan fingerprint density at radius 1 is 1.56 bits per heavy atom. The minimum atomic E-state index is -2.62. The average Bonchev–Trinajstić information content (AvgIpc) is 2.31. The Morgan fingerprint density at radius 2 is 2.22 bits per heavy atom. The Bertz CT molecular complexity index is 436. The van der Waals surface area contributed by atoms with E-state index in [1.165, 1.54) is 0 Å². The standard InChI is InChI=1S/C12H16F2N2O2/c1-3-18-11(17)4-10-7(2)8(5-15)9(6-16-10)12(13)14/h6,12H,3-5,15H2,1-2H3. The highest BCUT2D eigenvalue weighted by molar-refractivity contribution is 5.72. The van der Waals surface area contributed by atoms with Gasteiger partial charge in [-0.1, -0.05) is 0 Å². The highest BCUT2D eigenvalue weighted by Gasteiger charge is 2.18. The number of carbonyl (C=O) groups is 1. The molecule has 0 spiro atoms. The van der Waals surface area contributed by atoms with Crippen molar-refractivity contribution in [1.82, 2.24) is 4.98 Å². The first-order valence-electron chi connectivity index (χ1n) is 5.62. The Morgan fingerprint density at radius 3 is 2.72 bits per heavy atom. The van der Waals surface area contributed by atoms with Gasteiger partial charge in [-0.25, -0.2) is 8.78 Å². The molecular formula is C12H16F2N2O2. The molecule has 0 aromatic carbocycles. The zero-order valence-electron chi connectivity index (χ0n) is 10.4. The van der Waals surface area contributed by atoms with E-state index in [2.05, 4.69) is 4.98 Å². The summed E-state index contributed by atoms with van der Waals surface area (Å²) < 4.78 is 30.2. The number of halogens is 2. The van der Waals surface area contributed by atoms with E-state index >= 15 is 0 Å². The summed E-state index contributed by atoms with van der Waals surface area (Å²) in [6.45, 7) is 3.60. The fourth-order valence-electron chi connectivity index (χ4n) is 1.70. The molecule has 2 N–H and O–H groups in total. The van der Waals surface area contributed by atoms with Crippen LogP contribution in [0.2, 0.25) is 0 Å². The summed E-state index contributed by atoms with van der Waals surface area (Å²) in [5.41, 5.74) is 6.60. The Kier molecular flexibility index (Phi) is 5.15. The first-order chi connectivity index (χ1) is 8.51. The normalized spacial score (nSPS) is 10.8. The number of nitrogens with zero attached hydrogens (tertiary/aromatic N) is 1. The van der Waals surface area contributed by atoms with Gasteiger partial charge >= 0.3 is 5.97 Å². The molecule has 0 amide bonds. The number of hydrogen-bond donors (Lipinski definition) is 1. The number of nitrogens with two attached hydrogens (primary N) is 1. The van der Waals surface area contributed by atoms with E-state index in [0.717, 1.165) is 6.20 Å². The monoisotopic (exact) mass is 258 g/mol. The molecule has 1 aromatic heterocycles. The molecule has 0 radical (unpaired) electrons. The first-order valence-corrected chi connectivity index (χ1v) is 5.62. The average molecular weight is 258 g/mol. The molecule has 6 heteroatoms. The van der Waals surface area contributed by atoms with Crippen LogP contribution in [0.1, 0.15) is 35.7 Å². The van der Waals surface area contributed by atoms with Gasteiger partial charge < -0.3 is 10.5 Å². The Hall–Kier alpha value is -1.56. The third-order valence-corrected chi connectivity index (χ3v) is 2.65. The summed E-state index contributed by atoms with van der Waals surface area (Å²) in [6.07, 6.45) is -1.57. The minimum absolute atomic E-state index is 0.0101. The quantitative estimate of drug-likeness (QED) is 0.819. The number of hydrogen-bond acceptors (Lipinski definition) is 4. The molecule has 4 nitrogen and oxygen atoms in total. The predicted molar refractivity (Wildman–Crippen MR) is 62.2 cm³/mol. The molecule has 1 aromatic rings. The lowest BCUT2D eigenvalue weighted by Gasteiger charge is -2.13. The van der Waals surface area contributed by atoms with Crippen molar-refractivity contribution in [2.75, 3.05) is 6.61 Å². The van der Waals surface area contributed by atoms with Crippen LogP contribution < -0.4 is 5.73 Å². The second-order valence-electron chi connectivity index (χ2n) is 3.75. The van der Waals surface area contributed by atoms with Crippen LogP contribution in [0, 0.1) is 6.92 Å². The number of alkyl halides is 2. The van der Waals surface area contributed by atoms with Gasteiger partial charge in [-0.3, -0.25) is 9.78 Å². The fourth-order valence-corrected chi connectivity index (χ4v) is 1.70. The maximum atomic E-state index is 12.7. The second kappa shape index (κ2) is 6.39. The van der Waals surface area contributed by atoms with Crippen molar-refractivity contribution in [3.8, 4) is 0 Å². The number of pyridine rings is 1. The van der Waals surface area contributed by atoms with Crippen LogP contribution in [-0.2, 0) is 22.5 Å². The lowest BCUT2D eigenvalue weighted by atomic mass is 10.0. The summed E-state index contributed by atoms with van der Waals surface area (Å²) in [5.74, 6) is -0.430. The van der Waals surface area contributed by atoms with E-state index in [0.29, 0.717) is 16.8 Å². The summed E-state index contributed by atoms with van der Waals surface area (Å²) in [5, 5.41) is 0. The largest absolute Gasteiger partial charge is 0.466 e. The molecule has 0 saturated carbocycles. The third kappa shape index (κ3) is 3.22. The second-order valence-corrected chi connectivity index (χ2v) is 3.75. The zero-order valence-corrected chi connectivity index (χ0v) is 10.4. The maximum Gasteiger partial charge on any atom is 0.311 e. The van der Waals surface area contributed by atoms with Gasteiger partial charge in [0.15, 0.2) is 0 Å².